The van der Waals surface area contributed by atoms with E-state index in [0.29, 0.717) is 0 Å². The van der Waals surface area contributed by atoms with Crippen LogP contribution in [0.25, 0.3) is 0 Å². The normalized spacial score (nSPS) is 12.6. The molecule has 90 valence electrons. The first-order chi connectivity index (χ1) is 8.20. The summed E-state index contributed by atoms with van der Waals surface area (Å²) in [5, 5.41) is 3.85. The number of hydrogen-bond acceptors (Lipinski definition) is 5. The number of nitrogens with zero attached hydrogens (tertiary/aromatic N) is 2. The van der Waals surface area contributed by atoms with Crippen LogP contribution in [0.15, 0.2) is 24.4 Å². The summed E-state index contributed by atoms with van der Waals surface area (Å²) >= 11 is 1.38. The monoisotopic (exact) mass is 248 g/mol. The van der Waals surface area contributed by atoms with Gasteiger partial charge in [-0.05, 0) is 42.9 Å². The number of benzene rings is 1. The van der Waals surface area contributed by atoms with Crippen molar-refractivity contribution in [3.8, 4) is 0 Å². The SMILES string of the molecule is Cc1ccc(C)c(CC(NN)c2cnns2)c1. The highest BCUT2D eigenvalue weighted by Crippen LogP contribution is 2.22. The molecule has 1 atom stereocenters. The Balaban J connectivity index is 2.21. The second kappa shape index (κ2) is 5.35. The molecule has 0 saturated heterocycles. The van der Waals surface area contributed by atoms with Crippen LogP contribution in [0.1, 0.15) is 27.6 Å². The Kier molecular flexibility index (Phi) is 3.83. The summed E-state index contributed by atoms with van der Waals surface area (Å²) in [7, 11) is 0. The van der Waals surface area contributed by atoms with E-state index in [1.807, 2.05) is 0 Å². The Hall–Kier alpha value is -1.30. The number of nitrogens with one attached hydrogen (secondary N) is 1. The molecule has 0 aliphatic heterocycles. The summed E-state index contributed by atoms with van der Waals surface area (Å²) in [5.41, 5.74) is 6.69. The zero-order chi connectivity index (χ0) is 12.3. The van der Waals surface area contributed by atoms with Crippen molar-refractivity contribution in [1.29, 1.82) is 0 Å². The van der Waals surface area contributed by atoms with Crippen LogP contribution >= 0.6 is 11.5 Å². The van der Waals surface area contributed by atoms with Gasteiger partial charge in [0.05, 0.1) is 17.1 Å². The van der Waals surface area contributed by atoms with Crippen LogP contribution in [0, 0.1) is 13.8 Å². The maximum atomic E-state index is 5.60. The molecule has 0 amide bonds. The molecule has 2 aromatic rings. The highest BCUT2D eigenvalue weighted by atomic mass is 32.1. The molecular weight excluding hydrogens is 232 g/mol. The molecule has 0 saturated carbocycles. The van der Waals surface area contributed by atoms with Crippen molar-refractivity contribution in [2.24, 2.45) is 5.84 Å². The molecule has 0 aliphatic rings. The van der Waals surface area contributed by atoms with Gasteiger partial charge in [0, 0.05) is 0 Å². The fraction of sp³-hybridized carbons (Fsp3) is 0.333. The van der Waals surface area contributed by atoms with Gasteiger partial charge in [0.2, 0.25) is 0 Å². The van der Waals surface area contributed by atoms with E-state index in [1.54, 1.807) is 6.20 Å². The first-order valence-electron chi connectivity index (χ1n) is 5.50. The van der Waals surface area contributed by atoms with E-state index in [2.05, 4.69) is 47.1 Å². The Morgan fingerprint density at radius 1 is 1.41 bits per heavy atom. The summed E-state index contributed by atoms with van der Waals surface area (Å²) in [6.45, 7) is 4.22. The lowest BCUT2D eigenvalue weighted by atomic mass is 9.99. The summed E-state index contributed by atoms with van der Waals surface area (Å²) < 4.78 is 3.87. The maximum Gasteiger partial charge on any atom is 0.0670 e. The molecule has 0 spiro atoms. The molecule has 0 bridgehead atoms. The molecule has 0 radical (unpaired) electrons. The molecule has 1 unspecified atom stereocenters. The third-order valence-electron chi connectivity index (χ3n) is 2.85. The van der Waals surface area contributed by atoms with Crippen LogP contribution < -0.4 is 11.3 Å². The molecule has 1 heterocycles. The van der Waals surface area contributed by atoms with Gasteiger partial charge >= 0.3 is 0 Å². The molecule has 2 rings (SSSR count). The number of hydrazine groups is 1. The third-order valence-corrected chi connectivity index (χ3v) is 3.63. The predicted molar refractivity (Wildman–Crippen MR) is 69.6 cm³/mol. The van der Waals surface area contributed by atoms with Gasteiger partial charge in [-0.1, -0.05) is 28.3 Å². The van der Waals surface area contributed by atoms with Gasteiger partial charge in [0.1, 0.15) is 0 Å². The molecule has 17 heavy (non-hydrogen) atoms. The first-order valence-corrected chi connectivity index (χ1v) is 6.27. The van der Waals surface area contributed by atoms with E-state index in [9.17, 15) is 0 Å². The molecule has 1 aromatic heterocycles. The van der Waals surface area contributed by atoms with Gasteiger partial charge in [0.15, 0.2) is 0 Å². The van der Waals surface area contributed by atoms with Crippen LogP contribution in [0.3, 0.4) is 0 Å². The van der Waals surface area contributed by atoms with Gasteiger partial charge in [-0.25, -0.2) is 0 Å². The van der Waals surface area contributed by atoms with Gasteiger partial charge < -0.3 is 0 Å². The van der Waals surface area contributed by atoms with E-state index in [4.69, 9.17) is 5.84 Å². The zero-order valence-electron chi connectivity index (χ0n) is 9.97. The number of aryl methyl sites for hydroxylation is 2. The summed E-state index contributed by atoms with van der Waals surface area (Å²) in [4.78, 5) is 1.06. The van der Waals surface area contributed by atoms with Crippen LogP contribution in [0.4, 0.5) is 0 Å². The lowest BCUT2D eigenvalue weighted by Gasteiger charge is -2.15. The first kappa shape index (κ1) is 12.2. The van der Waals surface area contributed by atoms with Gasteiger partial charge in [0.25, 0.3) is 0 Å². The van der Waals surface area contributed by atoms with Crippen molar-refractivity contribution in [3.05, 3.63) is 46.0 Å². The predicted octanol–water partition coefficient (Wildman–Crippen LogP) is 1.90. The Bertz CT molecular complexity index is 481. The maximum absolute atomic E-state index is 5.60. The summed E-state index contributed by atoms with van der Waals surface area (Å²) in [5.74, 6) is 5.60. The van der Waals surface area contributed by atoms with E-state index in [0.717, 1.165) is 11.3 Å². The smallest absolute Gasteiger partial charge is 0.0670 e. The van der Waals surface area contributed by atoms with Gasteiger partial charge in [-0.2, -0.15) is 0 Å². The van der Waals surface area contributed by atoms with E-state index >= 15 is 0 Å². The van der Waals surface area contributed by atoms with Crippen LogP contribution in [0.5, 0.6) is 0 Å². The van der Waals surface area contributed by atoms with Crippen LogP contribution in [-0.2, 0) is 6.42 Å². The molecule has 5 heteroatoms. The lowest BCUT2D eigenvalue weighted by molar-refractivity contribution is 0.558. The van der Waals surface area contributed by atoms with Crippen molar-refractivity contribution in [1.82, 2.24) is 15.0 Å². The number of rotatable bonds is 4. The number of hydrogen-bond donors (Lipinski definition) is 2. The van der Waals surface area contributed by atoms with E-state index in [-0.39, 0.29) is 6.04 Å². The van der Waals surface area contributed by atoms with Crippen molar-refractivity contribution in [2.75, 3.05) is 0 Å². The van der Waals surface area contributed by atoms with Crippen LogP contribution in [0.2, 0.25) is 0 Å². The highest BCUT2D eigenvalue weighted by Gasteiger charge is 2.14. The van der Waals surface area contributed by atoms with Crippen molar-refractivity contribution < 1.29 is 0 Å². The summed E-state index contributed by atoms with van der Waals surface area (Å²) in [6.07, 6.45) is 2.62. The van der Waals surface area contributed by atoms with Crippen LogP contribution in [-0.4, -0.2) is 9.59 Å². The summed E-state index contributed by atoms with van der Waals surface area (Å²) in [6, 6.07) is 6.55. The number of nitrogens with two attached hydrogens (primary N) is 1. The highest BCUT2D eigenvalue weighted by molar-refractivity contribution is 7.05. The average Bonchev–Trinajstić information content (AvgIpc) is 2.84. The fourth-order valence-corrected chi connectivity index (χ4v) is 2.37. The Morgan fingerprint density at radius 2 is 2.24 bits per heavy atom. The second-order valence-electron chi connectivity index (χ2n) is 4.17. The van der Waals surface area contributed by atoms with Crippen molar-refractivity contribution in [2.45, 2.75) is 26.3 Å². The van der Waals surface area contributed by atoms with Crippen molar-refractivity contribution >= 4 is 11.5 Å². The molecule has 1 aromatic carbocycles. The standard InChI is InChI=1S/C12H16N4S/c1-8-3-4-9(2)10(5-8)6-11(15-13)12-7-14-16-17-12/h3-5,7,11,15H,6,13H2,1-2H3. The molecule has 0 aliphatic carbocycles. The molecule has 4 nitrogen and oxygen atoms in total. The average molecular weight is 248 g/mol. The van der Waals surface area contributed by atoms with Gasteiger partial charge in [-0.15, -0.1) is 5.10 Å². The lowest BCUT2D eigenvalue weighted by Crippen LogP contribution is -2.29. The van der Waals surface area contributed by atoms with E-state index in [1.165, 1.54) is 28.2 Å². The molecule has 0 fully saturated rings. The third kappa shape index (κ3) is 2.88. The second-order valence-corrected chi connectivity index (χ2v) is 4.99. The minimum atomic E-state index is 0.0792. The fourth-order valence-electron chi connectivity index (χ4n) is 1.81. The number of aromatic nitrogens is 2. The minimum Gasteiger partial charge on any atom is -0.271 e. The molecular formula is C12H16N4S. The Morgan fingerprint density at radius 3 is 2.88 bits per heavy atom. The topological polar surface area (TPSA) is 63.8 Å². The molecule has 3 N–H and O–H groups in total. The quantitative estimate of drug-likeness (QED) is 0.641. The largest absolute Gasteiger partial charge is 0.271 e. The Labute approximate surface area is 105 Å². The minimum absolute atomic E-state index is 0.0792. The van der Waals surface area contributed by atoms with Gasteiger partial charge in [-0.3, -0.25) is 11.3 Å². The van der Waals surface area contributed by atoms with E-state index < -0.39 is 0 Å². The zero-order valence-corrected chi connectivity index (χ0v) is 10.8. The van der Waals surface area contributed by atoms with Crippen molar-refractivity contribution in [3.63, 3.8) is 0 Å².